The molecule has 0 aliphatic carbocycles. The number of amides is 1. The van der Waals surface area contributed by atoms with Crippen molar-refractivity contribution in [3.63, 3.8) is 0 Å². The van der Waals surface area contributed by atoms with Gasteiger partial charge in [-0.3, -0.25) is 0 Å². The molecule has 0 saturated heterocycles. The van der Waals surface area contributed by atoms with Crippen LogP contribution < -0.4 is 5.32 Å². The minimum Gasteiger partial charge on any atom is -0.452 e. The van der Waals surface area contributed by atoms with Crippen molar-refractivity contribution < 1.29 is 28.6 Å². The van der Waals surface area contributed by atoms with Crippen LogP contribution in [0.3, 0.4) is 0 Å². The van der Waals surface area contributed by atoms with Crippen LogP contribution in [0.2, 0.25) is 0 Å². The van der Waals surface area contributed by atoms with Gasteiger partial charge >= 0.3 is 18.0 Å². The first kappa shape index (κ1) is 23.2. The lowest BCUT2D eigenvalue weighted by atomic mass is 9.99. The van der Waals surface area contributed by atoms with E-state index < -0.39 is 29.7 Å². The second-order valence-corrected chi connectivity index (χ2v) is 7.16. The van der Waals surface area contributed by atoms with Crippen molar-refractivity contribution in [2.75, 3.05) is 4.61 Å². The van der Waals surface area contributed by atoms with Crippen LogP contribution in [0.4, 0.5) is 4.79 Å². The molecule has 150 valence electrons. The standard InChI is InChI=1S/C19H26INO6/c1-5-13(2)15(16(22)27-19(3,4)17(23)26-12-20)21-18(24)25-11-14-9-7-6-8-10-14/h6-10,13,15H,5,11-12H2,1-4H3,(H,21,24)/t13-,15-/m0/s1. The molecule has 1 amide bonds. The highest BCUT2D eigenvalue weighted by atomic mass is 127. The van der Waals surface area contributed by atoms with Gasteiger partial charge in [0, 0.05) is 0 Å². The summed E-state index contributed by atoms with van der Waals surface area (Å²) in [5.74, 6) is -1.57. The van der Waals surface area contributed by atoms with E-state index in [2.05, 4.69) is 5.32 Å². The molecule has 0 bridgehead atoms. The number of carbonyl (C=O) groups excluding carboxylic acids is 3. The first-order valence-corrected chi connectivity index (χ1v) is 10.2. The third kappa shape index (κ3) is 7.74. The first-order chi connectivity index (χ1) is 12.7. The van der Waals surface area contributed by atoms with Crippen molar-refractivity contribution >= 4 is 40.6 Å². The van der Waals surface area contributed by atoms with Crippen LogP contribution in [0, 0.1) is 5.92 Å². The number of ether oxygens (including phenoxy) is 3. The summed E-state index contributed by atoms with van der Waals surface area (Å²) in [5.41, 5.74) is -0.623. The van der Waals surface area contributed by atoms with E-state index in [0.29, 0.717) is 6.42 Å². The van der Waals surface area contributed by atoms with Crippen LogP contribution in [0.1, 0.15) is 39.7 Å². The molecule has 0 fully saturated rings. The predicted octanol–water partition coefficient (Wildman–Crippen LogP) is 3.59. The van der Waals surface area contributed by atoms with Crippen molar-refractivity contribution in [2.24, 2.45) is 5.92 Å². The minimum atomic E-state index is -1.45. The van der Waals surface area contributed by atoms with Crippen molar-refractivity contribution in [1.29, 1.82) is 0 Å². The van der Waals surface area contributed by atoms with Gasteiger partial charge in [-0.2, -0.15) is 0 Å². The highest BCUT2D eigenvalue weighted by Crippen LogP contribution is 2.17. The number of esters is 2. The number of halogens is 1. The number of rotatable bonds is 9. The van der Waals surface area contributed by atoms with Gasteiger partial charge in [0.1, 0.15) is 17.3 Å². The summed E-state index contributed by atoms with van der Waals surface area (Å²) in [6.45, 7) is 6.67. The van der Waals surface area contributed by atoms with Gasteiger partial charge in [-0.05, 0) is 47.9 Å². The van der Waals surface area contributed by atoms with Gasteiger partial charge in [0.15, 0.2) is 0 Å². The fourth-order valence-corrected chi connectivity index (χ4v) is 2.42. The molecule has 7 nitrogen and oxygen atoms in total. The molecule has 0 aromatic heterocycles. The quantitative estimate of drug-likeness (QED) is 0.246. The van der Waals surface area contributed by atoms with E-state index in [4.69, 9.17) is 14.2 Å². The van der Waals surface area contributed by atoms with E-state index in [1.165, 1.54) is 13.8 Å². The summed E-state index contributed by atoms with van der Waals surface area (Å²) < 4.78 is 15.5. The van der Waals surface area contributed by atoms with E-state index in [1.807, 2.05) is 59.8 Å². The Bertz CT molecular complexity index is 634. The monoisotopic (exact) mass is 491 g/mol. The fraction of sp³-hybridized carbons (Fsp3) is 0.526. The largest absolute Gasteiger partial charge is 0.452 e. The molecule has 1 N–H and O–H groups in total. The summed E-state index contributed by atoms with van der Waals surface area (Å²) in [4.78, 5) is 36.6. The van der Waals surface area contributed by atoms with Crippen LogP contribution in [0.25, 0.3) is 0 Å². The number of nitrogens with one attached hydrogen (secondary N) is 1. The number of hydrogen-bond donors (Lipinski definition) is 1. The molecular formula is C19H26INO6. The Labute approximate surface area is 173 Å². The van der Waals surface area contributed by atoms with Gasteiger partial charge in [-0.15, -0.1) is 0 Å². The normalized spacial score (nSPS) is 13.2. The zero-order valence-electron chi connectivity index (χ0n) is 16.0. The van der Waals surface area contributed by atoms with E-state index in [9.17, 15) is 14.4 Å². The molecule has 2 atom stereocenters. The average Bonchev–Trinajstić information content (AvgIpc) is 2.64. The molecule has 0 radical (unpaired) electrons. The minimum absolute atomic E-state index is 0.0857. The summed E-state index contributed by atoms with van der Waals surface area (Å²) >= 11 is 1.88. The summed E-state index contributed by atoms with van der Waals surface area (Å²) in [6.07, 6.45) is -0.106. The first-order valence-electron chi connectivity index (χ1n) is 8.64. The molecule has 1 rings (SSSR count). The molecule has 0 saturated carbocycles. The van der Waals surface area contributed by atoms with Crippen LogP contribution >= 0.6 is 22.6 Å². The van der Waals surface area contributed by atoms with Crippen LogP contribution in [-0.4, -0.2) is 34.3 Å². The molecule has 0 heterocycles. The lowest BCUT2D eigenvalue weighted by Gasteiger charge is -2.28. The third-order valence-corrected chi connectivity index (χ3v) is 4.30. The van der Waals surface area contributed by atoms with E-state index >= 15 is 0 Å². The maximum atomic E-state index is 12.6. The lowest BCUT2D eigenvalue weighted by Crippen LogP contribution is -2.50. The summed E-state index contributed by atoms with van der Waals surface area (Å²) in [7, 11) is 0. The second kappa shape index (κ2) is 11.1. The average molecular weight is 491 g/mol. The highest BCUT2D eigenvalue weighted by molar-refractivity contribution is 14.1. The second-order valence-electron chi connectivity index (χ2n) is 6.54. The summed E-state index contributed by atoms with van der Waals surface area (Å²) in [5, 5.41) is 2.54. The molecule has 0 spiro atoms. The Balaban J connectivity index is 2.72. The van der Waals surface area contributed by atoms with Gasteiger partial charge in [0.2, 0.25) is 5.60 Å². The van der Waals surface area contributed by atoms with E-state index in [-0.39, 0.29) is 17.1 Å². The van der Waals surface area contributed by atoms with E-state index in [1.54, 1.807) is 6.92 Å². The van der Waals surface area contributed by atoms with Crippen molar-refractivity contribution in [3.05, 3.63) is 35.9 Å². The molecule has 27 heavy (non-hydrogen) atoms. The molecule has 1 aromatic carbocycles. The van der Waals surface area contributed by atoms with Gasteiger partial charge in [-0.25, -0.2) is 14.4 Å². The van der Waals surface area contributed by atoms with Gasteiger partial charge in [0.25, 0.3) is 0 Å². The Morgan fingerprint density at radius 3 is 2.33 bits per heavy atom. The topological polar surface area (TPSA) is 90.9 Å². The van der Waals surface area contributed by atoms with E-state index in [0.717, 1.165) is 5.56 Å². The number of carbonyl (C=O) groups is 3. The van der Waals surface area contributed by atoms with Crippen LogP contribution in [-0.2, 0) is 30.4 Å². The fourth-order valence-electron chi connectivity index (χ4n) is 2.14. The molecule has 1 aromatic rings. The Kier molecular flexibility index (Phi) is 9.54. The zero-order valence-corrected chi connectivity index (χ0v) is 18.1. The highest BCUT2D eigenvalue weighted by Gasteiger charge is 2.38. The summed E-state index contributed by atoms with van der Waals surface area (Å²) in [6, 6.07) is 8.26. The molecule has 0 unspecified atom stereocenters. The SMILES string of the molecule is CC[C@H](C)[C@H](NC(=O)OCc1ccccc1)C(=O)OC(C)(C)C(=O)OCI. The number of hydrogen-bond acceptors (Lipinski definition) is 6. The number of benzene rings is 1. The predicted molar refractivity (Wildman–Crippen MR) is 108 cm³/mol. The zero-order chi connectivity index (χ0) is 20.4. The third-order valence-electron chi connectivity index (χ3n) is 3.99. The molecule has 8 heteroatoms. The molecule has 0 aliphatic rings. The van der Waals surface area contributed by atoms with Crippen molar-refractivity contribution in [2.45, 2.75) is 52.4 Å². The number of alkyl carbamates (subject to hydrolysis) is 1. The van der Waals surface area contributed by atoms with Crippen molar-refractivity contribution in [1.82, 2.24) is 5.32 Å². The maximum Gasteiger partial charge on any atom is 0.408 e. The van der Waals surface area contributed by atoms with Crippen LogP contribution in [0.15, 0.2) is 30.3 Å². The molecular weight excluding hydrogens is 465 g/mol. The van der Waals surface area contributed by atoms with Crippen LogP contribution in [0.5, 0.6) is 0 Å². The Morgan fingerprint density at radius 1 is 1.15 bits per heavy atom. The Morgan fingerprint density at radius 2 is 1.78 bits per heavy atom. The van der Waals surface area contributed by atoms with Gasteiger partial charge in [0.05, 0.1) is 0 Å². The maximum absolute atomic E-state index is 12.6. The molecule has 0 aliphatic heterocycles. The number of alkyl halides is 1. The lowest BCUT2D eigenvalue weighted by molar-refractivity contribution is -0.178. The van der Waals surface area contributed by atoms with Gasteiger partial charge in [-0.1, -0.05) is 50.6 Å². The smallest absolute Gasteiger partial charge is 0.408 e. The van der Waals surface area contributed by atoms with Gasteiger partial charge < -0.3 is 19.5 Å². The van der Waals surface area contributed by atoms with Crippen molar-refractivity contribution in [3.8, 4) is 0 Å². The Hall–Kier alpha value is -1.84.